The molecule has 4 rings (SSSR count). The molecule has 2 heterocycles. The molecule has 0 aliphatic carbocycles. The van der Waals surface area contributed by atoms with Gasteiger partial charge in [0.05, 0.1) is 11.0 Å². The van der Waals surface area contributed by atoms with E-state index in [0.29, 0.717) is 54.5 Å². The number of carbonyl (C=O) groups is 1. The second kappa shape index (κ2) is 7.62. The molecule has 1 aromatic heterocycles. The highest BCUT2D eigenvalue weighted by Gasteiger charge is 2.25. The summed E-state index contributed by atoms with van der Waals surface area (Å²) in [6, 6.07) is 8.20. The number of aromatic amines is 2. The quantitative estimate of drug-likeness (QED) is 0.664. The normalized spacial score (nSPS) is 15.0. The van der Waals surface area contributed by atoms with Crippen molar-refractivity contribution in [2.75, 3.05) is 13.1 Å². The summed E-state index contributed by atoms with van der Waals surface area (Å²) in [5, 5.41) is 0. The van der Waals surface area contributed by atoms with Crippen LogP contribution in [0.1, 0.15) is 28.8 Å². The molecule has 0 spiro atoms. The Morgan fingerprint density at radius 1 is 0.966 bits per heavy atom. The zero-order chi connectivity index (χ0) is 20.5. The van der Waals surface area contributed by atoms with Crippen LogP contribution in [0.25, 0.3) is 11.0 Å². The third-order valence-corrected chi connectivity index (χ3v) is 5.39. The van der Waals surface area contributed by atoms with Crippen molar-refractivity contribution >= 4 is 16.9 Å². The van der Waals surface area contributed by atoms with E-state index in [0.717, 1.165) is 12.1 Å². The molecule has 1 aliphatic heterocycles. The fraction of sp³-hybridized carbons (Fsp3) is 0.286. The lowest BCUT2D eigenvalue weighted by molar-refractivity contribution is 0.0690. The summed E-state index contributed by atoms with van der Waals surface area (Å²) in [7, 11) is 0. The van der Waals surface area contributed by atoms with Crippen LogP contribution in [0, 0.1) is 17.6 Å². The molecule has 150 valence electrons. The third kappa shape index (κ3) is 3.96. The summed E-state index contributed by atoms with van der Waals surface area (Å²) in [5.41, 5.74) is 0.0943. The standard InChI is InChI=1S/C21H19F2N3O3/c22-15-2-3-16(23)14(10-15)9-12-5-7-26(8-6-12)21(29)13-1-4-17-18(11-13)25-20(28)19(27)24-17/h1-4,10-12H,5-9H2,(H,24,27)(H,25,28). The van der Waals surface area contributed by atoms with E-state index in [4.69, 9.17) is 0 Å². The first-order valence-corrected chi connectivity index (χ1v) is 9.40. The lowest BCUT2D eigenvalue weighted by Gasteiger charge is -2.32. The molecule has 8 heteroatoms. The van der Waals surface area contributed by atoms with Gasteiger partial charge in [-0.2, -0.15) is 0 Å². The zero-order valence-corrected chi connectivity index (χ0v) is 15.5. The fourth-order valence-corrected chi connectivity index (χ4v) is 3.78. The van der Waals surface area contributed by atoms with Crippen LogP contribution in [0.5, 0.6) is 0 Å². The van der Waals surface area contributed by atoms with E-state index in [1.165, 1.54) is 6.07 Å². The van der Waals surface area contributed by atoms with E-state index in [9.17, 15) is 23.2 Å². The molecule has 0 unspecified atom stereocenters. The van der Waals surface area contributed by atoms with E-state index < -0.39 is 22.8 Å². The van der Waals surface area contributed by atoms with Crippen LogP contribution in [0.2, 0.25) is 0 Å². The minimum Gasteiger partial charge on any atom is -0.339 e. The molecule has 1 amide bonds. The van der Waals surface area contributed by atoms with Gasteiger partial charge in [-0.3, -0.25) is 14.4 Å². The Bertz CT molecular complexity index is 1190. The molecule has 1 fully saturated rings. The molecule has 1 saturated heterocycles. The first-order chi connectivity index (χ1) is 13.9. The van der Waals surface area contributed by atoms with Crippen LogP contribution in [0.4, 0.5) is 8.78 Å². The highest BCUT2D eigenvalue weighted by molar-refractivity contribution is 5.97. The van der Waals surface area contributed by atoms with Crippen molar-refractivity contribution in [2.45, 2.75) is 19.3 Å². The number of nitrogens with one attached hydrogen (secondary N) is 2. The molecular weight excluding hydrogens is 380 g/mol. The topological polar surface area (TPSA) is 86.0 Å². The van der Waals surface area contributed by atoms with E-state index in [1.807, 2.05) is 0 Å². The second-order valence-electron chi connectivity index (χ2n) is 7.34. The average molecular weight is 399 g/mol. The van der Waals surface area contributed by atoms with Crippen LogP contribution in [0.15, 0.2) is 46.0 Å². The van der Waals surface area contributed by atoms with Gasteiger partial charge in [-0.1, -0.05) is 0 Å². The summed E-state index contributed by atoms with van der Waals surface area (Å²) in [6.07, 6.45) is 1.83. The number of amides is 1. The monoisotopic (exact) mass is 399 g/mol. The number of likely N-dealkylation sites (tertiary alicyclic amines) is 1. The minimum atomic E-state index is -0.771. The van der Waals surface area contributed by atoms with Crippen LogP contribution in [-0.2, 0) is 6.42 Å². The molecule has 6 nitrogen and oxygen atoms in total. The Hall–Kier alpha value is -3.29. The largest absolute Gasteiger partial charge is 0.339 e. The predicted molar refractivity (Wildman–Crippen MR) is 104 cm³/mol. The summed E-state index contributed by atoms with van der Waals surface area (Å²) in [5.74, 6) is -0.861. The lowest BCUT2D eigenvalue weighted by Crippen LogP contribution is -2.39. The number of H-pyrrole nitrogens is 2. The van der Waals surface area contributed by atoms with Crippen molar-refractivity contribution in [1.82, 2.24) is 14.9 Å². The van der Waals surface area contributed by atoms with Gasteiger partial charge in [-0.25, -0.2) is 8.78 Å². The first-order valence-electron chi connectivity index (χ1n) is 9.40. The van der Waals surface area contributed by atoms with Gasteiger partial charge < -0.3 is 14.9 Å². The van der Waals surface area contributed by atoms with E-state index in [1.54, 1.807) is 23.1 Å². The average Bonchev–Trinajstić information content (AvgIpc) is 2.71. The Morgan fingerprint density at radius 3 is 2.38 bits per heavy atom. The fourth-order valence-electron chi connectivity index (χ4n) is 3.78. The maximum Gasteiger partial charge on any atom is 0.314 e. The molecule has 0 saturated carbocycles. The zero-order valence-electron chi connectivity index (χ0n) is 15.5. The molecule has 29 heavy (non-hydrogen) atoms. The SMILES string of the molecule is O=C(c1ccc2[nH]c(=O)c(=O)[nH]c2c1)N1CCC(Cc2cc(F)ccc2F)CC1. The number of carbonyl (C=O) groups excluding carboxylic acids is 1. The van der Waals surface area contributed by atoms with Crippen molar-refractivity contribution < 1.29 is 13.6 Å². The van der Waals surface area contributed by atoms with Crippen molar-refractivity contribution in [3.63, 3.8) is 0 Å². The summed E-state index contributed by atoms with van der Waals surface area (Å²) < 4.78 is 27.2. The lowest BCUT2D eigenvalue weighted by atomic mass is 9.89. The Morgan fingerprint density at radius 2 is 1.66 bits per heavy atom. The van der Waals surface area contributed by atoms with Gasteiger partial charge in [0.25, 0.3) is 5.91 Å². The Labute approximate surface area is 164 Å². The van der Waals surface area contributed by atoms with Crippen molar-refractivity contribution in [2.24, 2.45) is 5.92 Å². The molecule has 0 radical (unpaired) electrons. The maximum atomic E-state index is 13.9. The van der Waals surface area contributed by atoms with Crippen molar-refractivity contribution in [3.8, 4) is 0 Å². The number of halogens is 2. The number of aromatic nitrogens is 2. The smallest absolute Gasteiger partial charge is 0.314 e. The summed E-state index contributed by atoms with van der Waals surface area (Å²) in [4.78, 5) is 42.3. The Balaban J connectivity index is 1.44. The van der Waals surface area contributed by atoms with E-state index in [-0.39, 0.29) is 11.8 Å². The van der Waals surface area contributed by atoms with Gasteiger partial charge in [0.1, 0.15) is 11.6 Å². The van der Waals surface area contributed by atoms with Crippen LogP contribution < -0.4 is 11.1 Å². The number of nitrogens with zero attached hydrogens (tertiary/aromatic N) is 1. The molecule has 0 atom stereocenters. The molecule has 1 aliphatic rings. The highest BCUT2D eigenvalue weighted by atomic mass is 19.1. The summed E-state index contributed by atoms with van der Waals surface area (Å²) >= 11 is 0. The number of fused-ring (bicyclic) bond motifs is 1. The Kier molecular flexibility index (Phi) is 5.00. The number of piperidine rings is 1. The first kappa shape index (κ1) is 19.0. The van der Waals surface area contributed by atoms with E-state index in [2.05, 4.69) is 9.97 Å². The maximum absolute atomic E-state index is 13.9. The van der Waals surface area contributed by atoms with Crippen molar-refractivity contribution in [3.05, 3.63) is 79.9 Å². The van der Waals surface area contributed by atoms with Gasteiger partial charge >= 0.3 is 11.1 Å². The number of hydrogen-bond acceptors (Lipinski definition) is 3. The number of rotatable bonds is 3. The van der Waals surface area contributed by atoms with Crippen LogP contribution in [0.3, 0.4) is 0 Å². The molecule has 2 N–H and O–H groups in total. The van der Waals surface area contributed by atoms with E-state index >= 15 is 0 Å². The summed E-state index contributed by atoms with van der Waals surface area (Å²) in [6.45, 7) is 1.03. The third-order valence-electron chi connectivity index (χ3n) is 5.39. The minimum absolute atomic E-state index is 0.172. The predicted octanol–water partition coefficient (Wildman–Crippen LogP) is 2.59. The number of benzene rings is 2. The molecular formula is C21H19F2N3O3. The molecule has 2 aromatic carbocycles. The molecule has 0 bridgehead atoms. The van der Waals surface area contributed by atoms with Crippen LogP contribution in [-0.4, -0.2) is 33.9 Å². The van der Waals surface area contributed by atoms with Gasteiger partial charge in [-0.05, 0) is 67.1 Å². The van der Waals surface area contributed by atoms with Gasteiger partial charge in [0.15, 0.2) is 0 Å². The number of hydrogen-bond donors (Lipinski definition) is 2. The van der Waals surface area contributed by atoms with Crippen molar-refractivity contribution in [1.29, 1.82) is 0 Å². The van der Waals surface area contributed by atoms with Gasteiger partial charge in [0, 0.05) is 18.7 Å². The van der Waals surface area contributed by atoms with Gasteiger partial charge in [-0.15, -0.1) is 0 Å². The van der Waals surface area contributed by atoms with Gasteiger partial charge in [0.2, 0.25) is 0 Å². The van der Waals surface area contributed by atoms with Crippen LogP contribution >= 0.6 is 0 Å². The highest BCUT2D eigenvalue weighted by Crippen LogP contribution is 2.25. The second-order valence-corrected chi connectivity index (χ2v) is 7.34. The molecule has 3 aromatic rings.